The number of halogens is 3. The van der Waals surface area contributed by atoms with E-state index >= 15 is 0 Å². The van der Waals surface area contributed by atoms with E-state index in [0.717, 1.165) is 22.6 Å². The van der Waals surface area contributed by atoms with Crippen LogP contribution in [0.2, 0.25) is 0 Å². The zero-order valence-electron chi connectivity index (χ0n) is 21.5. The summed E-state index contributed by atoms with van der Waals surface area (Å²) in [5.41, 5.74) is 0.757. The summed E-state index contributed by atoms with van der Waals surface area (Å²) in [6.45, 7) is 2.20. The minimum Gasteiger partial charge on any atom is -0.462 e. The second-order valence-corrected chi connectivity index (χ2v) is 9.36. The molecule has 0 saturated carbocycles. The topological polar surface area (TPSA) is 78.9 Å². The second kappa shape index (κ2) is 12.3. The van der Waals surface area contributed by atoms with Crippen LogP contribution in [0.25, 0.3) is 0 Å². The van der Waals surface area contributed by atoms with Gasteiger partial charge in [-0.25, -0.2) is 4.79 Å². The molecule has 0 unspecified atom stereocenters. The lowest BCUT2D eigenvalue weighted by Crippen LogP contribution is -2.39. The van der Waals surface area contributed by atoms with Crippen molar-refractivity contribution in [2.45, 2.75) is 32.0 Å². The van der Waals surface area contributed by atoms with Gasteiger partial charge >= 0.3 is 12.1 Å². The van der Waals surface area contributed by atoms with Crippen molar-refractivity contribution in [3.8, 4) is 0 Å². The predicted octanol–water partition coefficient (Wildman–Crippen LogP) is 5.46. The molecule has 1 heterocycles. The number of amides is 2. The van der Waals surface area contributed by atoms with Gasteiger partial charge in [-0.1, -0.05) is 36.4 Å². The van der Waals surface area contributed by atoms with Crippen molar-refractivity contribution in [2.75, 3.05) is 23.4 Å². The van der Waals surface area contributed by atoms with Gasteiger partial charge in [-0.2, -0.15) is 13.2 Å². The molecule has 1 saturated heterocycles. The molecular weight excluding hydrogens is 543 g/mol. The van der Waals surface area contributed by atoms with Crippen LogP contribution in [0, 0.1) is 0 Å². The van der Waals surface area contributed by atoms with Gasteiger partial charge in [0.1, 0.15) is 6.04 Å². The summed E-state index contributed by atoms with van der Waals surface area (Å²) in [6.07, 6.45) is -4.39. The number of thiocarbonyl (C=S) groups is 1. The van der Waals surface area contributed by atoms with Crippen molar-refractivity contribution in [3.05, 3.63) is 95.6 Å². The van der Waals surface area contributed by atoms with Crippen LogP contribution < -0.4 is 10.2 Å². The van der Waals surface area contributed by atoms with Gasteiger partial charge in [0.15, 0.2) is 5.11 Å². The molecule has 1 fully saturated rings. The van der Waals surface area contributed by atoms with Gasteiger partial charge in [-0.3, -0.25) is 14.5 Å². The molecule has 1 aliphatic heterocycles. The molecule has 2 amide bonds. The summed E-state index contributed by atoms with van der Waals surface area (Å²) in [4.78, 5) is 41.1. The third kappa shape index (κ3) is 6.66. The van der Waals surface area contributed by atoms with Crippen molar-refractivity contribution in [1.82, 2.24) is 4.90 Å². The first-order valence-electron chi connectivity index (χ1n) is 12.5. The molecule has 0 spiro atoms. The van der Waals surface area contributed by atoms with E-state index in [9.17, 15) is 27.6 Å². The van der Waals surface area contributed by atoms with Crippen LogP contribution in [0.3, 0.4) is 0 Å². The third-order valence-electron chi connectivity index (χ3n) is 6.29. The summed E-state index contributed by atoms with van der Waals surface area (Å²) in [5, 5.41) is 2.72. The van der Waals surface area contributed by atoms with Gasteiger partial charge in [-0.15, -0.1) is 0 Å². The fourth-order valence-electron chi connectivity index (χ4n) is 4.33. The number of alkyl halides is 3. The number of carbonyl (C=O) groups is 3. The Kier molecular flexibility index (Phi) is 8.83. The number of nitrogens with zero attached hydrogens (tertiary/aromatic N) is 2. The summed E-state index contributed by atoms with van der Waals surface area (Å²) >= 11 is 5.57. The van der Waals surface area contributed by atoms with Gasteiger partial charge in [0.05, 0.1) is 29.8 Å². The Bertz CT molecular complexity index is 1400. The van der Waals surface area contributed by atoms with E-state index in [0.29, 0.717) is 17.7 Å². The molecule has 4 rings (SSSR count). The first-order chi connectivity index (χ1) is 19.1. The van der Waals surface area contributed by atoms with Crippen molar-refractivity contribution >= 4 is 46.5 Å². The first kappa shape index (κ1) is 28.8. The number of esters is 1. The molecule has 40 heavy (non-hydrogen) atoms. The first-order valence-corrected chi connectivity index (χ1v) is 12.9. The normalized spacial score (nSPS) is 15.3. The highest BCUT2D eigenvalue weighted by molar-refractivity contribution is 7.80. The maximum Gasteiger partial charge on any atom is 0.416 e. The molecule has 0 radical (unpaired) electrons. The number of hydrogen-bond donors (Lipinski definition) is 1. The summed E-state index contributed by atoms with van der Waals surface area (Å²) in [7, 11) is 0. The SMILES string of the molecule is CCOC(=O)c1ccc(NC(=O)C[C@H]2C(=O)N(c3cccc(C(F)(F)F)c3)C(=S)N2CCc2ccccc2)cc1. The summed E-state index contributed by atoms with van der Waals surface area (Å²) in [5.74, 6) is -1.58. The molecule has 0 aliphatic carbocycles. The monoisotopic (exact) mass is 569 g/mol. The zero-order chi connectivity index (χ0) is 28.9. The molecule has 0 aromatic heterocycles. The Balaban J connectivity index is 1.55. The van der Waals surface area contributed by atoms with Crippen LogP contribution in [-0.4, -0.2) is 47.0 Å². The smallest absolute Gasteiger partial charge is 0.416 e. The summed E-state index contributed by atoms with van der Waals surface area (Å²) in [6, 6.07) is 18.9. The van der Waals surface area contributed by atoms with Crippen LogP contribution in [0.4, 0.5) is 24.5 Å². The molecule has 1 aliphatic rings. The molecule has 0 bridgehead atoms. The fourth-order valence-corrected chi connectivity index (χ4v) is 4.75. The Morgan fingerprint density at radius 3 is 2.35 bits per heavy atom. The summed E-state index contributed by atoms with van der Waals surface area (Å²) < 4.78 is 45.1. The van der Waals surface area contributed by atoms with Crippen molar-refractivity contribution in [3.63, 3.8) is 0 Å². The highest BCUT2D eigenvalue weighted by atomic mass is 32.1. The molecule has 208 valence electrons. The van der Waals surface area contributed by atoms with E-state index in [-0.39, 0.29) is 30.4 Å². The molecule has 3 aromatic rings. The highest BCUT2D eigenvalue weighted by Gasteiger charge is 2.44. The van der Waals surface area contributed by atoms with E-state index in [4.69, 9.17) is 17.0 Å². The Morgan fingerprint density at radius 1 is 1.00 bits per heavy atom. The van der Waals surface area contributed by atoms with E-state index in [1.165, 1.54) is 36.4 Å². The number of hydrogen-bond acceptors (Lipinski definition) is 5. The Hall–Kier alpha value is -4.25. The molecule has 1 N–H and O–H groups in total. The number of ether oxygens (including phenoxy) is 1. The van der Waals surface area contributed by atoms with Crippen LogP contribution in [0.15, 0.2) is 78.9 Å². The minimum absolute atomic E-state index is 0.0213. The molecule has 11 heteroatoms. The van der Waals surface area contributed by atoms with E-state index in [1.54, 1.807) is 11.8 Å². The zero-order valence-corrected chi connectivity index (χ0v) is 22.3. The third-order valence-corrected chi connectivity index (χ3v) is 6.71. The number of rotatable bonds is 9. The average Bonchev–Trinajstić information content (AvgIpc) is 3.16. The molecular formula is C29H26F3N3O4S. The van der Waals surface area contributed by atoms with Crippen LogP contribution in [0.1, 0.15) is 34.8 Å². The quantitative estimate of drug-likeness (QED) is 0.273. The van der Waals surface area contributed by atoms with Crippen molar-refractivity contribution < 1.29 is 32.3 Å². The van der Waals surface area contributed by atoms with Gasteiger partial charge < -0.3 is 15.0 Å². The number of benzene rings is 3. The highest BCUT2D eigenvalue weighted by Crippen LogP contribution is 2.34. The van der Waals surface area contributed by atoms with Crippen molar-refractivity contribution in [2.24, 2.45) is 0 Å². The van der Waals surface area contributed by atoms with Gasteiger partial charge in [-0.05, 0) is 73.6 Å². The molecule has 7 nitrogen and oxygen atoms in total. The van der Waals surface area contributed by atoms with Crippen LogP contribution in [0.5, 0.6) is 0 Å². The lowest BCUT2D eigenvalue weighted by atomic mass is 10.1. The second-order valence-electron chi connectivity index (χ2n) is 9.00. The van der Waals surface area contributed by atoms with Crippen LogP contribution in [-0.2, 0) is 26.9 Å². The maximum absolute atomic E-state index is 13.6. The predicted molar refractivity (Wildman–Crippen MR) is 148 cm³/mol. The maximum atomic E-state index is 13.6. The number of anilines is 2. The largest absolute Gasteiger partial charge is 0.462 e. The average molecular weight is 570 g/mol. The number of carbonyl (C=O) groups excluding carboxylic acids is 3. The van der Waals surface area contributed by atoms with Crippen LogP contribution >= 0.6 is 12.2 Å². The van der Waals surface area contributed by atoms with Gasteiger partial charge in [0, 0.05) is 12.2 Å². The number of nitrogens with one attached hydrogen (secondary N) is 1. The fraction of sp³-hybridized carbons (Fsp3) is 0.241. The Morgan fingerprint density at radius 2 is 1.70 bits per heavy atom. The lowest BCUT2D eigenvalue weighted by Gasteiger charge is -2.24. The van der Waals surface area contributed by atoms with Gasteiger partial charge in [0.2, 0.25) is 5.91 Å². The lowest BCUT2D eigenvalue weighted by molar-refractivity contribution is -0.137. The van der Waals surface area contributed by atoms with E-state index in [1.807, 2.05) is 30.3 Å². The Labute approximate surface area is 234 Å². The minimum atomic E-state index is -4.60. The van der Waals surface area contributed by atoms with Crippen molar-refractivity contribution in [1.29, 1.82) is 0 Å². The molecule has 3 aromatic carbocycles. The van der Waals surface area contributed by atoms with E-state index < -0.39 is 35.6 Å². The van der Waals surface area contributed by atoms with E-state index in [2.05, 4.69) is 5.32 Å². The molecule has 1 atom stereocenters. The van der Waals surface area contributed by atoms with Gasteiger partial charge in [0.25, 0.3) is 5.91 Å². The standard InChI is InChI=1S/C29H26F3N3O4S/c1-2-39-27(38)20-11-13-22(14-12-20)33-25(36)18-24-26(37)35(23-10-6-9-21(17-23)29(30,31)32)28(40)34(24)16-15-19-7-4-3-5-8-19/h3-14,17,24H,2,15-16,18H2,1H3,(H,33,36)/t24-/m0/s1.